The highest BCUT2D eigenvalue weighted by Crippen LogP contribution is 2.28. The summed E-state index contributed by atoms with van der Waals surface area (Å²) in [6.07, 6.45) is 4.15. The maximum Gasteiger partial charge on any atom is 0.224 e. The molecule has 0 aliphatic carbocycles. The lowest BCUT2D eigenvalue weighted by Crippen LogP contribution is -2.15. The number of oxazole rings is 1. The van der Waals surface area contributed by atoms with E-state index < -0.39 is 0 Å². The van der Waals surface area contributed by atoms with Crippen LogP contribution >= 0.6 is 11.6 Å². The second-order valence-corrected chi connectivity index (χ2v) is 6.71. The number of rotatable bonds is 7. The SMILES string of the molecule is CCc1cccc(CC)c1NC(=O)CCc1ncc(-c2ccccc2Cl)o1. The first-order valence-corrected chi connectivity index (χ1v) is 9.60. The quantitative estimate of drug-likeness (QED) is 0.571. The lowest BCUT2D eigenvalue weighted by Gasteiger charge is -2.14. The van der Waals surface area contributed by atoms with Crippen molar-refractivity contribution < 1.29 is 9.21 Å². The van der Waals surface area contributed by atoms with Gasteiger partial charge in [-0.25, -0.2) is 4.98 Å². The summed E-state index contributed by atoms with van der Waals surface area (Å²) in [5, 5.41) is 3.68. The number of aromatic nitrogens is 1. The summed E-state index contributed by atoms with van der Waals surface area (Å²) < 4.78 is 5.77. The summed E-state index contributed by atoms with van der Waals surface area (Å²) in [4.78, 5) is 16.7. The molecule has 0 spiro atoms. The van der Waals surface area contributed by atoms with E-state index in [-0.39, 0.29) is 5.91 Å². The summed E-state index contributed by atoms with van der Waals surface area (Å²) >= 11 is 6.19. The number of hydrogen-bond acceptors (Lipinski definition) is 3. The fraction of sp³-hybridized carbons (Fsp3) is 0.273. The molecular weight excluding hydrogens is 360 g/mol. The van der Waals surface area contributed by atoms with Crippen LogP contribution in [0.5, 0.6) is 0 Å². The lowest BCUT2D eigenvalue weighted by atomic mass is 10.0. The molecule has 0 fully saturated rings. The van der Waals surface area contributed by atoms with E-state index in [4.69, 9.17) is 16.0 Å². The third kappa shape index (κ3) is 4.58. The number of carbonyl (C=O) groups excluding carboxylic acids is 1. The monoisotopic (exact) mass is 382 g/mol. The molecule has 27 heavy (non-hydrogen) atoms. The van der Waals surface area contributed by atoms with Crippen LogP contribution in [0.2, 0.25) is 5.02 Å². The molecule has 5 heteroatoms. The highest BCUT2D eigenvalue weighted by molar-refractivity contribution is 6.33. The van der Waals surface area contributed by atoms with Crippen molar-refractivity contribution in [3.05, 3.63) is 70.7 Å². The average molecular weight is 383 g/mol. The van der Waals surface area contributed by atoms with Crippen LogP contribution in [0.4, 0.5) is 5.69 Å². The van der Waals surface area contributed by atoms with Crippen molar-refractivity contribution in [3.63, 3.8) is 0 Å². The van der Waals surface area contributed by atoms with Gasteiger partial charge in [0.1, 0.15) is 0 Å². The standard InChI is InChI=1S/C22H23ClN2O2/c1-3-15-8-7-9-16(4-2)22(15)25-20(26)12-13-21-24-14-19(27-21)17-10-5-6-11-18(17)23/h5-11,14H,3-4,12-13H2,1-2H3,(H,25,26). The Hall–Kier alpha value is -2.59. The van der Waals surface area contributed by atoms with Crippen LogP contribution in [0.3, 0.4) is 0 Å². The predicted molar refractivity (Wildman–Crippen MR) is 109 cm³/mol. The van der Waals surface area contributed by atoms with Gasteiger partial charge in [0.05, 0.1) is 11.2 Å². The summed E-state index contributed by atoms with van der Waals surface area (Å²) in [5.41, 5.74) is 4.04. The first-order valence-electron chi connectivity index (χ1n) is 9.22. The second kappa shape index (κ2) is 8.87. The van der Waals surface area contributed by atoms with E-state index in [1.165, 1.54) is 0 Å². The first-order chi connectivity index (χ1) is 13.1. The predicted octanol–water partition coefficient (Wildman–Crippen LogP) is 5.69. The molecule has 2 aromatic carbocycles. The number of para-hydroxylation sites is 1. The Labute approximate surface area is 164 Å². The molecule has 1 amide bonds. The van der Waals surface area contributed by atoms with Crippen LogP contribution < -0.4 is 5.32 Å². The number of hydrogen-bond donors (Lipinski definition) is 1. The van der Waals surface area contributed by atoms with Crippen LogP contribution in [-0.2, 0) is 24.1 Å². The number of aryl methyl sites for hydroxylation is 3. The number of benzene rings is 2. The Kier molecular flexibility index (Phi) is 6.30. The van der Waals surface area contributed by atoms with Gasteiger partial charge in [0.25, 0.3) is 0 Å². The molecule has 0 aliphatic rings. The van der Waals surface area contributed by atoms with E-state index in [1.807, 2.05) is 30.3 Å². The second-order valence-electron chi connectivity index (χ2n) is 6.30. The van der Waals surface area contributed by atoms with E-state index in [2.05, 4.69) is 36.3 Å². The molecule has 4 nitrogen and oxygen atoms in total. The van der Waals surface area contributed by atoms with Crippen LogP contribution in [0.1, 0.15) is 37.3 Å². The van der Waals surface area contributed by atoms with Crippen molar-refractivity contribution in [2.75, 3.05) is 5.32 Å². The van der Waals surface area contributed by atoms with Gasteiger partial charge in [0.2, 0.25) is 5.91 Å². The largest absolute Gasteiger partial charge is 0.441 e. The summed E-state index contributed by atoms with van der Waals surface area (Å²) in [7, 11) is 0. The summed E-state index contributed by atoms with van der Waals surface area (Å²) in [6.45, 7) is 4.18. The number of carbonyl (C=O) groups is 1. The van der Waals surface area contributed by atoms with Gasteiger partial charge in [-0.2, -0.15) is 0 Å². The minimum absolute atomic E-state index is 0.0388. The van der Waals surface area contributed by atoms with Gasteiger partial charge >= 0.3 is 0 Å². The van der Waals surface area contributed by atoms with Crippen molar-refractivity contribution in [1.82, 2.24) is 4.98 Å². The number of halogens is 1. The Balaban J connectivity index is 1.65. The molecule has 1 heterocycles. The van der Waals surface area contributed by atoms with Gasteiger partial charge in [-0.05, 0) is 36.1 Å². The van der Waals surface area contributed by atoms with Gasteiger partial charge in [-0.3, -0.25) is 4.79 Å². The normalized spacial score (nSPS) is 10.8. The van der Waals surface area contributed by atoms with Gasteiger partial charge in [0, 0.05) is 24.1 Å². The van der Waals surface area contributed by atoms with Gasteiger partial charge in [0.15, 0.2) is 11.7 Å². The Morgan fingerprint density at radius 1 is 1.07 bits per heavy atom. The third-order valence-corrected chi connectivity index (χ3v) is 4.85. The fourth-order valence-electron chi connectivity index (χ4n) is 3.04. The molecule has 0 aliphatic heterocycles. The minimum Gasteiger partial charge on any atom is -0.441 e. The fourth-order valence-corrected chi connectivity index (χ4v) is 3.27. The van der Waals surface area contributed by atoms with E-state index in [1.54, 1.807) is 6.20 Å². The Morgan fingerprint density at radius 2 is 1.78 bits per heavy atom. The Bertz CT molecular complexity index is 911. The van der Waals surface area contributed by atoms with Gasteiger partial charge in [-0.1, -0.05) is 55.8 Å². The lowest BCUT2D eigenvalue weighted by molar-refractivity contribution is -0.116. The number of nitrogens with one attached hydrogen (secondary N) is 1. The molecule has 0 unspecified atom stereocenters. The highest BCUT2D eigenvalue weighted by atomic mass is 35.5. The molecule has 0 atom stereocenters. The zero-order chi connectivity index (χ0) is 19.2. The van der Waals surface area contributed by atoms with Crippen LogP contribution in [0.25, 0.3) is 11.3 Å². The number of amides is 1. The van der Waals surface area contributed by atoms with Crippen molar-refractivity contribution in [1.29, 1.82) is 0 Å². The number of anilines is 1. The van der Waals surface area contributed by atoms with Crippen molar-refractivity contribution in [3.8, 4) is 11.3 Å². The molecule has 0 saturated heterocycles. The van der Waals surface area contributed by atoms with Crippen LogP contribution in [0.15, 0.2) is 53.1 Å². The van der Waals surface area contributed by atoms with E-state index in [0.717, 1.165) is 35.2 Å². The third-order valence-electron chi connectivity index (χ3n) is 4.52. The van der Waals surface area contributed by atoms with Crippen molar-refractivity contribution in [2.45, 2.75) is 39.5 Å². The Morgan fingerprint density at radius 3 is 2.44 bits per heavy atom. The van der Waals surface area contributed by atoms with E-state index >= 15 is 0 Å². The van der Waals surface area contributed by atoms with Crippen LogP contribution in [0, 0.1) is 0 Å². The molecule has 0 bridgehead atoms. The van der Waals surface area contributed by atoms with Gasteiger partial charge < -0.3 is 9.73 Å². The summed E-state index contributed by atoms with van der Waals surface area (Å²) in [6, 6.07) is 13.6. The molecule has 140 valence electrons. The van der Waals surface area contributed by atoms with E-state index in [9.17, 15) is 4.79 Å². The minimum atomic E-state index is -0.0388. The highest BCUT2D eigenvalue weighted by Gasteiger charge is 2.13. The molecule has 3 aromatic rings. The smallest absolute Gasteiger partial charge is 0.224 e. The molecular formula is C22H23ClN2O2. The summed E-state index contributed by atoms with van der Waals surface area (Å²) in [5.74, 6) is 1.10. The maximum atomic E-state index is 12.5. The molecule has 1 N–H and O–H groups in total. The van der Waals surface area contributed by atoms with Crippen molar-refractivity contribution in [2.24, 2.45) is 0 Å². The topological polar surface area (TPSA) is 55.1 Å². The molecule has 0 saturated carbocycles. The molecule has 0 radical (unpaired) electrons. The average Bonchev–Trinajstić information content (AvgIpc) is 3.15. The van der Waals surface area contributed by atoms with Crippen molar-refractivity contribution >= 4 is 23.2 Å². The van der Waals surface area contributed by atoms with E-state index in [0.29, 0.717) is 29.5 Å². The maximum absolute atomic E-state index is 12.5. The zero-order valence-corrected chi connectivity index (χ0v) is 16.3. The zero-order valence-electron chi connectivity index (χ0n) is 15.6. The van der Waals surface area contributed by atoms with Crippen LogP contribution in [-0.4, -0.2) is 10.9 Å². The molecule has 1 aromatic heterocycles. The molecule has 3 rings (SSSR count). The first kappa shape index (κ1) is 19.2. The number of nitrogens with zero attached hydrogens (tertiary/aromatic N) is 1. The van der Waals surface area contributed by atoms with Gasteiger partial charge in [-0.15, -0.1) is 0 Å².